The SMILES string of the molecule is O=C(Nc1ccc([N+](=O)[O-])cc1)c1cccc(C(=O)Nc2ccc([N+](=O)[O-])cc2)n1. The first-order chi connectivity index (χ1) is 14.3. The highest BCUT2D eigenvalue weighted by Crippen LogP contribution is 2.17. The molecule has 11 nitrogen and oxygen atoms in total. The largest absolute Gasteiger partial charge is 0.321 e. The van der Waals surface area contributed by atoms with Crippen LogP contribution in [0.4, 0.5) is 22.7 Å². The van der Waals surface area contributed by atoms with Crippen LogP contribution in [0.15, 0.2) is 66.7 Å². The predicted molar refractivity (Wildman–Crippen MR) is 106 cm³/mol. The Kier molecular flexibility index (Phi) is 5.73. The number of carbonyl (C=O) groups excluding carboxylic acids is 2. The van der Waals surface area contributed by atoms with Crippen molar-refractivity contribution in [3.63, 3.8) is 0 Å². The van der Waals surface area contributed by atoms with E-state index in [4.69, 9.17) is 0 Å². The van der Waals surface area contributed by atoms with Crippen LogP contribution in [0, 0.1) is 20.2 Å². The van der Waals surface area contributed by atoms with Gasteiger partial charge in [0.25, 0.3) is 23.2 Å². The van der Waals surface area contributed by atoms with Gasteiger partial charge in [-0.2, -0.15) is 0 Å². The number of carbonyl (C=O) groups is 2. The summed E-state index contributed by atoms with van der Waals surface area (Å²) in [4.78, 5) is 49.0. The molecule has 11 heteroatoms. The average Bonchev–Trinajstić information content (AvgIpc) is 2.74. The third-order valence-corrected chi connectivity index (χ3v) is 3.89. The van der Waals surface area contributed by atoms with Crippen molar-refractivity contribution in [2.24, 2.45) is 0 Å². The number of nitro groups is 2. The van der Waals surface area contributed by atoms with E-state index < -0.39 is 21.7 Å². The molecule has 30 heavy (non-hydrogen) atoms. The summed E-state index contributed by atoms with van der Waals surface area (Å²) in [5.41, 5.74) is 0.350. The number of non-ortho nitro benzene ring substituents is 2. The number of nitrogens with one attached hydrogen (secondary N) is 2. The van der Waals surface area contributed by atoms with Gasteiger partial charge >= 0.3 is 0 Å². The van der Waals surface area contributed by atoms with Gasteiger partial charge in [-0.25, -0.2) is 4.98 Å². The number of hydrogen-bond donors (Lipinski definition) is 2. The molecule has 0 saturated heterocycles. The zero-order chi connectivity index (χ0) is 21.7. The standard InChI is InChI=1S/C19H13N5O6/c25-18(20-12-4-8-14(9-5-12)23(27)28)16-2-1-3-17(22-16)19(26)21-13-6-10-15(11-7-13)24(29)30/h1-11H,(H,20,25)(H,21,26). The molecule has 2 amide bonds. The third-order valence-electron chi connectivity index (χ3n) is 3.89. The van der Waals surface area contributed by atoms with E-state index in [0.717, 1.165) is 0 Å². The quantitative estimate of drug-likeness (QED) is 0.468. The van der Waals surface area contributed by atoms with Crippen LogP contribution in [0.3, 0.4) is 0 Å². The van der Waals surface area contributed by atoms with Crippen molar-refractivity contribution >= 4 is 34.6 Å². The lowest BCUT2D eigenvalue weighted by Crippen LogP contribution is -2.18. The second-order valence-electron chi connectivity index (χ2n) is 5.92. The third kappa shape index (κ3) is 4.78. The summed E-state index contributed by atoms with van der Waals surface area (Å²) in [6.45, 7) is 0. The molecule has 0 aliphatic carbocycles. The van der Waals surface area contributed by atoms with Crippen LogP contribution in [0.2, 0.25) is 0 Å². The Morgan fingerprint density at radius 2 is 1.03 bits per heavy atom. The summed E-state index contributed by atoms with van der Waals surface area (Å²) in [5.74, 6) is -1.21. The summed E-state index contributed by atoms with van der Waals surface area (Å²) >= 11 is 0. The van der Waals surface area contributed by atoms with E-state index in [1.807, 2.05) is 0 Å². The van der Waals surface area contributed by atoms with E-state index in [9.17, 15) is 29.8 Å². The maximum absolute atomic E-state index is 12.4. The number of rotatable bonds is 6. The van der Waals surface area contributed by atoms with Crippen LogP contribution in [0.5, 0.6) is 0 Å². The Labute approximate surface area is 168 Å². The predicted octanol–water partition coefficient (Wildman–Crippen LogP) is 3.40. The molecular weight excluding hydrogens is 394 g/mol. The molecule has 0 fully saturated rings. The van der Waals surface area contributed by atoms with E-state index in [1.165, 1.54) is 66.7 Å². The van der Waals surface area contributed by atoms with Gasteiger partial charge in [0.15, 0.2) is 0 Å². The Hall–Kier alpha value is -4.67. The number of hydrogen-bond acceptors (Lipinski definition) is 7. The fourth-order valence-corrected chi connectivity index (χ4v) is 2.41. The summed E-state index contributed by atoms with van der Waals surface area (Å²) in [7, 11) is 0. The first-order valence-electron chi connectivity index (χ1n) is 8.42. The van der Waals surface area contributed by atoms with Gasteiger partial charge in [-0.15, -0.1) is 0 Å². The molecule has 0 unspecified atom stereocenters. The Balaban J connectivity index is 1.69. The number of benzene rings is 2. The van der Waals surface area contributed by atoms with Crippen molar-refractivity contribution in [1.29, 1.82) is 0 Å². The molecule has 2 N–H and O–H groups in total. The van der Waals surface area contributed by atoms with Crippen LogP contribution >= 0.6 is 0 Å². The number of aromatic nitrogens is 1. The molecule has 0 aliphatic rings. The van der Waals surface area contributed by atoms with Gasteiger partial charge in [0.1, 0.15) is 11.4 Å². The van der Waals surface area contributed by atoms with Crippen LogP contribution in [0.1, 0.15) is 21.0 Å². The zero-order valence-corrected chi connectivity index (χ0v) is 15.1. The lowest BCUT2D eigenvalue weighted by Gasteiger charge is -2.07. The van der Waals surface area contributed by atoms with Gasteiger partial charge in [-0.1, -0.05) is 6.07 Å². The minimum absolute atomic E-state index is 0.0373. The molecule has 0 saturated carbocycles. The number of nitrogens with zero attached hydrogens (tertiary/aromatic N) is 3. The molecule has 3 rings (SSSR count). The number of nitro benzene ring substituents is 2. The van der Waals surface area contributed by atoms with Gasteiger partial charge in [-0.3, -0.25) is 29.8 Å². The molecule has 0 aliphatic heterocycles. The van der Waals surface area contributed by atoms with Crippen LogP contribution in [0.25, 0.3) is 0 Å². The number of amides is 2. The highest BCUT2D eigenvalue weighted by atomic mass is 16.6. The minimum Gasteiger partial charge on any atom is -0.321 e. The molecule has 1 aromatic heterocycles. The van der Waals surface area contributed by atoms with E-state index in [0.29, 0.717) is 11.4 Å². The van der Waals surface area contributed by atoms with Crippen molar-refractivity contribution < 1.29 is 19.4 Å². The molecule has 2 aromatic carbocycles. The molecule has 0 spiro atoms. The topological polar surface area (TPSA) is 157 Å². The zero-order valence-electron chi connectivity index (χ0n) is 15.1. The smallest absolute Gasteiger partial charge is 0.274 e. The summed E-state index contributed by atoms with van der Waals surface area (Å²) in [5, 5.41) is 26.4. The number of pyridine rings is 1. The summed E-state index contributed by atoms with van der Waals surface area (Å²) in [6.07, 6.45) is 0. The van der Waals surface area contributed by atoms with Gasteiger partial charge in [-0.05, 0) is 36.4 Å². The van der Waals surface area contributed by atoms with Crippen molar-refractivity contribution in [3.8, 4) is 0 Å². The summed E-state index contributed by atoms with van der Waals surface area (Å²) in [6, 6.07) is 14.8. The van der Waals surface area contributed by atoms with Gasteiger partial charge in [0.05, 0.1) is 9.85 Å². The van der Waals surface area contributed by atoms with E-state index in [1.54, 1.807) is 0 Å². The van der Waals surface area contributed by atoms with Gasteiger partial charge in [0, 0.05) is 35.6 Å². The Morgan fingerprint density at radius 1 is 0.667 bits per heavy atom. The van der Waals surface area contributed by atoms with Gasteiger partial charge < -0.3 is 10.6 Å². The fraction of sp³-hybridized carbons (Fsp3) is 0. The lowest BCUT2D eigenvalue weighted by molar-refractivity contribution is -0.385. The van der Waals surface area contributed by atoms with Gasteiger partial charge in [0.2, 0.25) is 0 Å². The van der Waals surface area contributed by atoms with Crippen LogP contribution in [-0.2, 0) is 0 Å². The van der Waals surface area contributed by atoms with E-state index in [-0.39, 0.29) is 22.8 Å². The lowest BCUT2D eigenvalue weighted by atomic mass is 10.2. The van der Waals surface area contributed by atoms with Crippen molar-refractivity contribution in [2.75, 3.05) is 10.6 Å². The molecule has 0 atom stereocenters. The fourth-order valence-electron chi connectivity index (χ4n) is 2.41. The highest BCUT2D eigenvalue weighted by Gasteiger charge is 2.14. The van der Waals surface area contributed by atoms with Crippen molar-refractivity contribution in [2.45, 2.75) is 0 Å². The summed E-state index contributed by atoms with van der Waals surface area (Å²) < 4.78 is 0. The Morgan fingerprint density at radius 3 is 1.37 bits per heavy atom. The molecule has 3 aromatic rings. The Bertz CT molecular complexity index is 1040. The van der Waals surface area contributed by atoms with Crippen molar-refractivity contribution in [1.82, 2.24) is 4.98 Å². The maximum Gasteiger partial charge on any atom is 0.274 e. The molecule has 1 heterocycles. The molecular formula is C19H13N5O6. The molecule has 0 radical (unpaired) electrons. The van der Waals surface area contributed by atoms with Crippen molar-refractivity contribution in [3.05, 3.63) is 98.3 Å². The second-order valence-corrected chi connectivity index (χ2v) is 5.92. The monoisotopic (exact) mass is 407 g/mol. The number of anilines is 2. The normalized spacial score (nSPS) is 10.1. The maximum atomic E-state index is 12.4. The molecule has 0 bridgehead atoms. The van der Waals surface area contributed by atoms with Crippen LogP contribution in [-0.4, -0.2) is 26.6 Å². The minimum atomic E-state index is -0.603. The van der Waals surface area contributed by atoms with E-state index >= 15 is 0 Å². The van der Waals surface area contributed by atoms with E-state index in [2.05, 4.69) is 15.6 Å². The first-order valence-corrected chi connectivity index (χ1v) is 8.42. The first kappa shape index (κ1) is 20.1. The second kappa shape index (κ2) is 8.56. The average molecular weight is 407 g/mol. The van der Waals surface area contributed by atoms with Crippen LogP contribution < -0.4 is 10.6 Å². The highest BCUT2D eigenvalue weighted by molar-refractivity contribution is 6.06. The molecule has 150 valence electrons.